The average Bonchev–Trinajstić information content (AvgIpc) is 3.02. The second-order valence-corrected chi connectivity index (χ2v) is 8.51. The Balaban J connectivity index is 1.59. The van der Waals surface area contributed by atoms with Gasteiger partial charge in [-0.25, -0.2) is 8.42 Å². The number of fused-ring (bicyclic) bond motifs is 1. The predicted molar refractivity (Wildman–Crippen MR) is 103 cm³/mol. The molecule has 0 saturated carbocycles. The fraction of sp³-hybridized carbons (Fsp3) is 0.250. The van der Waals surface area contributed by atoms with Gasteiger partial charge in [0.2, 0.25) is 5.91 Å². The fourth-order valence-electron chi connectivity index (χ4n) is 2.99. The van der Waals surface area contributed by atoms with E-state index in [1.54, 1.807) is 24.3 Å². The Hall–Kier alpha value is -2.60. The fourth-order valence-corrected chi connectivity index (χ4v) is 3.62. The highest BCUT2D eigenvalue weighted by molar-refractivity contribution is 7.90. The number of aryl methyl sites for hydroxylation is 1. The van der Waals surface area contributed by atoms with Gasteiger partial charge in [-0.1, -0.05) is 30.3 Å². The lowest BCUT2D eigenvalue weighted by Crippen LogP contribution is -2.26. The van der Waals surface area contributed by atoms with Crippen LogP contribution in [-0.4, -0.2) is 25.6 Å². The molecule has 26 heavy (non-hydrogen) atoms. The maximum atomic E-state index is 12.3. The number of hydrogen-bond acceptors (Lipinski definition) is 3. The molecule has 0 aliphatic carbocycles. The molecule has 0 spiro atoms. The quantitative estimate of drug-likeness (QED) is 0.698. The second kappa shape index (κ2) is 7.33. The molecule has 1 atom stereocenters. The van der Waals surface area contributed by atoms with Crippen LogP contribution in [0, 0.1) is 0 Å². The van der Waals surface area contributed by atoms with Crippen LogP contribution in [0.1, 0.15) is 30.5 Å². The molecule has 1 unspecified atom stereocenters. The number of hydrogen-bond donors (Lipinski definition) is 2. The normalized spacial score (nSPS) is 12.8. The smallest absolute Gasteiger partial charge is 0.220 e. The molecule has 1 aromatic heterocycles. The van der Waals surface area contributed by atoms with Crippen molar-refractivity contribution < 1.29 is 13.2 Å². The Kier molecular flexibility index (Phi) is 5.13. The van der Waals surface area contributed by atoms with Crippen molar-refractivity contribution in [3.63, 3.8) is 0 Å². The lowest BCUT2D eigenvalue weighted by atomic mass is 10.1. The van der Waals surface area contributed by atoms with Crippen molar-refractivity contribution in [3.8, 4) is 0 Å². The van der Waals surface area contributed by atoms with E-state index >= 15 is 0 Å². The van der Waals surface area contributed by atoms with Crippen molar-refractivity contribution in [2.45, 2.75) is 30.7 Å². The SMILES string of the molecule is CC(NC(=O)CCc1c[nH]c2ccccc12)c1ccc(S(C)(=O)=O)cc1. The summed E-state index contributed by atoms with van der Waals surface area (Å²) in [6, 6.07) is 14.5. The summed E-state index contributed by atoms with van der Waals surface area (Å²) in [6.07, 6.45) is 4.19. The first-order valence-electron chi connectivity index (χ1n) is 8.49. The maximum absolute atomic E-state index is 12.3. The number of carbonyl (C=O) groups is 1. The van der Waals surface area contributed by atoms with Crippen LogP contribution in [0.25, 0.3) is 10.9 Å². The van der Waals surface area contributed by atoms with Crippen LogP contribution < -0.4 is 5.32 Å². The van der Waals surface area contributed by atoms with Gasteiger partial charge in [-0.15, -0.1) is 0 Å². The molecule has 0 aliphatic rings. The van der Waals surface area contributed by atoms with E-state index in [1.165, 1.54) is 6.26 Å². The molecule has 2 N–H and O–H groups in total. The van der Waals surface area contributed by atoms with Crippen LogP contribution in [0.3, 0.4) is 0 Å². The molecule has 3 rings (SSSR count). The van der Waals surface area contributed by atoms with Crippen molar-refractivity contribution in [1.82, 2.24) is 10.3 Å². The summed E-state index contributed by atoms with van der Waals surface area (Å²) >= 11 is 0. The summed E-state index contributed by atoms with van der Waals surface area (Å²) in [4.78, 5) is 15.8. The van der Waals surface area contributed by atoms with Gasteiger partial charge < -0.3 is 10.3 Å². The first-order valence-corrected chi connectivity index (χ1v) is 10.4. The standard InChI is InChI=1S/C20H22N2O3S/c1-14(15-7-10-17(11-8-15)26(2,24)25)22-20(23)12-9-16-13-21-19-6-4-3-5-18(16)19/h3-8,10-11,13-14,21H,9,12H2,1-2H3,(H,22,23). The summed E-state index contributed by atoms with van der Waals surface area (Å²) in [5.41, 5.74) is 3.07. The Morgan fingerprint density at radius 1 is 1.12 bits per heavy atom. The second-order valence-electron chi connectivity index (χ2n) is 6.49. The van der Waals surface area contributed by atoms with Crippen molar-refractivity contribution in [3.05, 3.63) is 65.9 Å². The number of benzene rings is 2. The zero-order valence-electron chi connectivity index (χ0n) is 14.8. The summed E-state index contributed by atoms with van der Waals surface area (Å²) in [7, 11) is -3.21. The van der Waals surface area contributed by atoms with Gasteiger partial charge in [0, 0.05) is 29.8 Å². The minimum atomic E-state index is -3.21. The average molecular weight is 370 g/mol. The number of aromatic nitrogens is 1. The zero-order chi connectivity index (χ0) is 18.7. The van der Waals surface area contributed by atoms with Crippen LogP contribution in [0.5, 0.6) is 0 Å². The van der Waals surface area contributed by atoms with E-state index in [4.69, 9.17) is 0 Å². The topological polar surface area (TPSA) is 79.0 Å². The highest BCUT2D eigenvalue weighted by Gasteiger charge is 2.12. The number of nitrogens with one attached hydrogen (secondary N) is 2. The first-order chi connectivity index (χ1) is 12.3. The molecule has 1 amide bonds. The van der Waals surface area contributed by atoms with Gasteiger partial charge in [0.1, 0.15) is 0 Å². The molecular formula is C20H22N2O3S. The molecule has 3 aromatic rings. The Labute approximate surface area is 153 Å². The van der Waals surface area contributed by atoms with E-state index in [0.717, 1.165) is 22.0 Å². The van der Waals surface area contributed by atoms with E-state index in [0.29, 0.717) is 12.8 Å². The molecule has 136 valence electrons. The van der Waals surface area contributed by atoms with Crippen LogP contribution in [0.15, 0.2) is 59.6 Å². The summed E-state index contributed by atoms with van der Waals surface area (Å²) in [5, 5.41) is 4.11. The molecule has 1 heterocycles. The van der Waals surface area contributed by atoms with Crippen molar-refractivity contribution in [2.24, 2.45) is 0 Å². The van der Waals surface area contributed by atoms with Crippen molar-refractivity contribution in [2.75, 3.05) is 6.26 Å². The van der Waals surface area contributed by atoms with Gasteiger partial charge in [0.05, 0.1) is 10.9 Å². The van der Waals surface area contributed by atoms with Gasteiger partial charge in [-0.2, -0.15) is 0 Å². The third kappa shape index (κ3) is 4.14. The summed E-state index contributed by atoms with van der Waals surface area (Å²) in [5.74, 6) is -0.0324. The summed E-state index contributed by atoms with van der Waals surface area (Å²) in [6.45, 7) is 1.89. The Morgan fingerprint density at radius 2 is 1.81 bits per heavy atom. The Bertz CT molecular complexity index is 1020. The molecular weight excluding hydrogens is 348 g/mol. The minimum Gasteiger partial charge on any atom is -0.361 e. The molecule has 6 heteroatoms. The number of aromatic amines is 1. The molecule has 5 nitrogen and oxygen atoms in total. The molecule has 0 radical (unpaired) electrons. The van der Waals surface area contributed by atoms with Crippen molar-refractivity contribution in [1.29, 1.82) is 0 Å². The van der Waals surface area contributed by atoms with Gasteiger partial charge in [0.25, 0.3) is 0 Å². The third-order valence-electron chi connectivity index (χ3n) is 4.48. The van der Waals surface area contributed by atoms with Crippen LogP contribution in [-0.2, 0) is 21.1 Å². The number of para-hydroxylation sites is 1. The van der Waals surface area contributed by atoms with E-state index in [-0.39, 0.29) is 16.8 Å². The minimum absolute atomic E-state index is 0.0324. The van der Waals surface area contributed by atoms with Crippen LogP contribution in [0.2, 0.25) is 0 Å². The first kappa shape index (κ1) is 18.2. The molecule has 0 bridgehead atoms. The van der Waals surface area contributed by atoms with E-state index < -0.39 is 9.84 Å². The third-order valence-corrected chi connectivity index (χ3v) is 5.61. The highest BCUT2D eigenvalue weighted by Crippen LogP contribution is 2.20. The maximum Gasteiger partial charge on any atom is 0.220 e. The Morgan fingerprint density at radius 3 is 2.50 bits per heavy atom. The molecule has 0 saturated heterocycles. The van der Waals surface area contributed by atoms with Gasteiger partial charge in [-0.3, -0.25) is 4.79 Å². The number of carbonyl (C=O) groups excluding carboxylic acids is 1. The highest BCUT2D eigenvalue weighted by atomic mass is 32.2. The largest absolute Gasteiger partial charge is 0.361 e. The predicted octanol–water partition coefficient (Wildman–Crippen LogP) is 3.38. The lowest BCUT2D eigenvalue weighted by molar-refractivity contribution is -0.121. The van der Waals surface area contributed by atoms with Gasteiger partial charge >= 0.3 is 0 Å². The van der Waals surface area contributed by atoms with Crippen molar-refractivity contribution >= 4 is 26.6 Å². The number of sulfone groups is 1. The van der Waals surface area contributed by atoms with Gasteiger partial charge in [-0.05, 0) is 42.7 Å². The monoisotopic (exact) mass is 370 g/mol. The zero-order valence-corrected chi connectivity index (χ0v) is 15.6. The van der Waals surface area contributed by atoms with E-state index in [9.17, 15) is 13.2 Å². The van der Waals surface area contributed by atoms with E-state index in [1.807, 2.05) is 37.4 Å². The lowest BCUT2D eigenvalue weighted by Gasteiger charge is -2.14. The number of H-pyrrole nitrogens is 1. The summed E-state index contributed by atoms with van der Waals surface area (Å²) < 4.78 is 23.0. The van der Waals surface area contributed by atoms with Crippen LogP contribution >= 0.6 is 0 Å². The number of amides is 1. The molecule has 0 aliphatic heterocycles. The number of rotatable bonds is 6. The molecule has 0 fully saturated rings. The van der Waals surface area contributed by atoms with Crippen LogP contribution in [0.4, 0.5) is 0 Å². The molecule has 2 aromatic carbocycles. The van der Waals surface area contributed by atoms with E-state index in [2.05, 4.69) is 10.3 Å². The van der Waals surface area contributed by atoms with Gasteiger partial charge in [0.15, 0.2) is 9.84 Å².